The van der Waals surface area contributed by atoms with Crippen molar-refractivity contribution in [1.82, 2.24) is 10.3 Å². The van der Waals surface area contributed by atoms with Crippen LogP contribution in [0.3, 0.4) is 0 Å². The van der Waals surface area contributed by atoms with Crippen LogP contribution >= 0.6 is 0 Å². The van der Waals surface area contributed by atoms with E-state index >= 15 is 0 Å². The zero-order chi connectivity index (χ0) is 13.0. The second-order valence-corrected chi connectivity index (χ2v) is 4.46. The lowest BCUT2D eigenvalue weighted by atomic mass is 10.1. The summed E-state index contributed by atoms with van der Waals surface area (Å²) in [6.07, 6.45) is 3.86. The number of hydrogen-bond acceptors (Lipinski definition) is 4. The van der Waals surface area contributed by atoms with E-state index in [2.05, 4.69) is 15.6 Å². The van der Waals surface area contributed by atoms with Gasteiger partial charge in [0.2, 0.25) is 0 Å². The maximum atomic E-state index is 12.1. The maximum Gasteiger partial charge on any atom is 0.255 e. The number of anilines is 1. The van der Waals surface area contributed by atoms with Gasteiger partial charge in [-0.3, -0.25) is 4.79 Å². The number of nitrogens with zero attached hydrogens (tertiary/aromatic N) is 1. The summed E-state index contributed by atoms with van der Waals surface area (Å²) in [5.74, 6) is 0.477. The molecule has 0 aliphatic carbocycles. The fraction of sp³-hybridized carbons (Fsp3) is 0.538. The Hall–Kier alpha value is -1.62. The molecule has 1 aliphatic heterocycles. The van der Waals surface area contributed by atoms with Gasteiger partial charge in [0.25, 0.3) is 5.91 Å². The van der Waals surface area contributed by atoms with Crippen molar-refractivity contribution in [3.8, 4) is 0 Å². The molecular weight excluding hydrogens is 230 g/mol. The van der Waals surface area contributed by atoms with Crippen LogP contribution in [0.25, 0.3) is 0 Å². The topological polar surface area (TPSA) is 63.2 Å². The van der Waals surface area contributed by atoms with E-state index in [4.69, 9.17) is 4.74 Å². The monoisotopic (exact) mass is 249 g/mol. The third-order valence-corrected chi connectivity index (χ3v) is 3.17. The number of carbonyl (C=O) groups is 1. The highest BCUT2D eigenvalue weighted by atomic mass is 16.5. The molecule has 1 aromatic heterocycles. The summed E-state index contributed by atoms with van der Waals surface area (Å²) in [4.78, 5) is 16.3. The van der Waals surface area contributed by atoms with Crippen LogP contribution in [-0.2, 0) is 4.74 Å². The lowest BCUT2D eigenvalue weighted by Gasteiger charge is -2.20. The minimum absolute atomic E-state index is 0.0184. The Bertz CT molecular complexity index is 416. The van der Waals surface area contributed by atoms with E-state index in [0.717, 1.165) is 19.4 Å². The van der Waals surface area contributed by atoms with Gasteiger partial charge < -0.3 is 15.4 Å². The van der Waals surface area contributed by atoms with Gasteiger partial charge in [0.15, 0.2) is 0 Å². The Morgan fingerprint density at radius 3 is 3.11 bits per heavy atom. The SMILES string of the molecule is CNc1ncccc1C(=O)NC(C)C1CCCO1. The van der Waals surface area contributed by atoms with Gasteiger partial charge in [-0.1, -0.05) is 0 Å². The summed E-state index contributed by atoms with van der Waals surface area (Å²) in [7, 11) is 1.75. The van der Waals surface area contributed by atoms with E-state index in [1.807, 2.05) is 6.92 Å². The zero-order valence-corrected chi connectivity index (χ0v) is 10.8. The summed E-state index contributed by atoms with van der Waals surface area (Å²) in [5, 5.41) is 5.88. The van der Waals surface area contributed by atoms with Crippen molar-refractivity contribution in [2.45, 2.75) is 31.9 Å². The van der Waals surface area contributed by atoms with Crippen molar-refractivity contribution >= 4 is 11.7 Å². The molecule has 5 heteroatoms. The molecule has 1 aromatic rings. The molecule has 0 aromatic carbocycles. The predicted molar refractivity (Wildman–Crippen MR) is 69.7 cm³/mol. The van der Waals surface area contributed by atoms with Crippen LogP contribution in [0.15, 0.2) is 18.3 Å². The number of nitrogens with one attached hydrogen (secondary N) is 2. The van der Waals surface area contributed by atoms with Gasteiger partial charge in [0.05, 0.1) is 17.7 Å². The fourth-order valence-corrected chi connectivity index (χ4v) is 2.16. The fourth-order valence-electron chi connectivity index (χ4n) is 2.16. The first-order chi connectivity index (χ1) is 8.72. The van der Waals surface area contributed by atoms with Crippen molar-refractivity contribution in [2.75, 3.05) is 19.0 Å². The highest BCUT2D eigenvalue weighted by Crippen LogP contribution is 2.16. The Labute approximate surface area is 107 Å². The van der Waals surface area contributed by atoms with Crippen molar-refractivity contribution in [2.24, 2.45) is 0 Å². The average molecular weight is 249 g/mol. The molecule has 1 fully saturated rings. The minimum atomic E-state index is -0.115. The first-order valence-electron chi connectivity index (χ1n) is 6.27. The lowest BCUT2D eigenvalue weighted by Crippen LogP contribution is -2.41. The van der Waals surface area contributed by atoms with E-state index in [0.29, 0.717) is 11.4 Å². The van der Waals surface area contributed by atoms with Crippen molar-refractivity contribution in [3.63, 3.8) is 0 Å². The van der Waals surface area contributed by atoms with Gasteiger partial charge in [0, 0.05) is 19.9 Å². The molecule has 0 bridgehead atoms. The molecule has 1 amide bonds. The Kier molecular flexibility index (Phi) is 4.15. The molecule has 2 rings (SSSR count). The normalized spacial score (nSPS) is 20.4. The number of pyridine rings is 1. The van der Waals surface area contributed by atoms with Crippen LogP contribution in [0.2, 0.25) is 0 Å². The van der Waals surface area contributed by atoms with Crippen LogP contribution in [0.4, 0.5) is 5.82 Å². The van der Waals surface area contributed by atoms with Crippen LogP contribution in [-0.4, -0.2) is 36.7 Å². The minimum Gasteiger partial charge on any atom is -0.376 e. The Balaban J connectivity index is 2.02. The Morgan fingerprint density at radius 1 is 1.61 bits per heavy atom. The summed E-state index contributed by atoms with van der Waals surface area (Å²) in [6, 6.07) is 3.54. The number of hydrogen-bond donors (Lipinski definition) is 2. The molecule has 1 aliphatic rings. The van der Waals surface area contributed by atoms with Gasteiger partial charge in [-0.2, -0.15) is 0 Å². The van der Waals surface area contributed by atoms with Crippen LogP contribution < -0.4 is 10.6 Å². The van der Waals surface area contributed by atoms with Crippen molar-refractivity contribution in [3.05, 3.63) is 23.9 Å². The highest BCUT2D eigenvalue weighted by Gasteiger charge is 2.24. The van der Waals surface area contributed by atoms with Crippen LogP contribution in [0.1, 0.15) is 30.1 Å². The number of rotatable bonds is 4. The molecule has 2 atom stereocenters. The second kappa shape index (κ2) is 5.82. The van der Waals surface area contributed by atoms with Crippen molar-refractivity contribution in [1.29, 1.82) is 0 Å². The summed E-state index contributed by atoms with van der Waals surface area (Å²) >= 11 is 0. The molecule has 5 nitrogen and oxygen atoms in total. The predicted octanol–water partition coefficient (Wildman–Crippen LogP) is 1.42. The first kappa shape index (κ1) is 12.8. The van der Waals surface area contributed by atoms with E-state index in [1.54, 1.807) is 25.4 Å². The Morgan fingerprint density at radius 2 is 2.44 bits per heavy atom. The van der Waals surface area contributed by atoms with Crippen LogP contribution in [0, 0.1) is 0 Å². The standard InChI is InChI=1S/C13H19N3O2/c1-9(11-6-4-8-18-11)16-13(17)10-5-3-7-15-12(10)14-2/h3,5,7,9,11H,4,6,8H2,1-2H3,(H,14,15)(H,16,17). The van der Waals surface area contributed by atoms with Gasteiger partial charge in [-0.25, -0.2) is 4.98 Å². The molecule has 2 N–H and O–H groups in total. The van der Waals surface area contributed by atoms with Crippen molar-refractivity contribution < 1.29 is 9.53 Å². The van der Waals surface area contributed by atoms with E-state index in [1.165, 1.54) is 0 Å². The molecule has 0 spiro atoms. The number of amides is 1. The van der Waals surface area contributed by atoms with E-state index in [9.17, 15) is 4.79 Å². The molecule has 98 valence electrons. The largest absolute Gasteiger partial charge is 0.376 e. The summed E-state index contributed by atoms with van der Waals surface area (Å²) in [6.45, 7) is 2.77. The average Bonchev–Trinajstić information content (AvgIpc) is 2.92. The van der Waals surface area contributed by atoms with Gasteiger partial charge in [-0.15, -0.1) is 0 Å². The molecule has 2 heterocycles. The maximum absolute atomic E-state index is 12.1. The molecule has 0 radical (unpaired) electrons. The van der Waals surface area contributed by atoms with E-state index in [-0.39, 0.29) is 18.1 Å². The number of ether oxygens (including phenoxy) is 1. The smallest absolute Gasteiger partial charge is 0.255 e. The van der Waals surface area contributed by atoms with Gasteiger partial charge >= 0.3 is 0 Å². The third-order valence-electron chi connectivity index (χ3n) is 3.17. The van der Waals surface area contributed by atoms with Gasteiger partial charge in [-0.05, 0) is 31.9 Å². The quantitative estimate of drug-likeness (QED) is 0.847. The number of aromatic nitrogens is 1. The molecule has 1 saturated heterocycles. The molecule has 0 saturated carbocycles. The van der Waals surface area contributed by atoms with Gasteiger partial charge in [0.1, 0.15) is 5.82 Å². The zero-order valence-electron chi connectivity index (χ0n) is 10.8. The van der Waals surface area contributed by atoms with E-state index < -0.39 is 0 Å². The highest BCUT2D eigenvalue weighted by molar-refractivity contribution is 5.98. The molecular formula is C13H19N3O2. The van der Waals surface area contributed by atoms with Crippen LogP contribution in [0.5, 0.6) is 0 Å². The number of carbonyl (C=O) groups excluding carboxylic acids is 1. The summed E-state index contributed by atoms with van der Waals surface area (Å²) in [5.41, 5.74) is 0.560. The third kappa shape index (κ3) is 2.79. The molecule has 2 unspecified atom stereocenters. The lowest BCUT2D eigenvalue weighted by molar-refractivity contribution is 0.0712. The second-order valence-electron chi connectivity index (χ2n) is 4.46. The molecule has 18 heavy (non-hydrogen) atoms. The first-order valence-corrected chi connectivity index (χ1v) is 6.27. The summed E-state index contributed by atoms with van der Waals surface area (Å²) < 4.78 is 5.56.